The molecule has 2 aromatic rings. The number of para-hydroxylation sites is 2. The van der Waals surface area contributed by atoms with Gasteiger partial charge in [0.1, 0.15) is 18.1 Å². The van der Waals surface area contributed by atoms with Gasteiger partial charge in [0.2, 0.25) is 0 Å². The van der Waals surface area contributed by atoms with Crippen molar-refractivity contribution in [3.8, 4) is 11.5 Å². The molecule has 0 atom stereocenters. The first-order chi connectivity index (χ1) is 12.3. The second kappa shape index (κ2) is 8.74. The molecular formula is C20H27N3O2. The van der Waals surface area contributed by atoms with Crippen molar-refractivity contribution in [1.29, 1.82) is 0 Å². The molecule has 1 fully saturated rings. The lowest BCUT2D eigenvalue weighted by molar-refractivity contribution is 0.262. The van der Waals surface area contributed by atoms with Gasteiger partial charge < -0.3 is 20.1 Å². The van der Waals surface area contributed by atoms with Crippen molar-refractivity contribution in [1.82, 2.24) is 4.90 Å². The predicted molar refractivity (Wildman–Crippen MR) is 101 cm³/mol. The fraction of sp³-hybridized carbons (Fsp3) is 0.400. The highest BCUT2D eigenvalue weighted by Gasteiger charge is 2.19. The third-order valence-electron chi connectivity index (χ3n) is 4.55. The molecule has 0 bridgehead atoms. The number of anilines is 1. The molecular weight excluding hydrogens is 314 g/mol. The zero-order valence-electron chi connectivity index (χ0n) is 14.9. The number of nitrogens with zero attached hydrogens (tertiary/aromatic N) is 2. The van der Waals surface area contributed by atoms with Crippen LogP contribution in [0.25, 0.3) is 0 Å². The summed E-state index contributed by atoms with van der Waals surface area (Å²) in [6.45, 7) is 6.31. The van der Waals surface area contributed by atoms with E-state index in [1.165, 1.54) is 0 Å². The van der Waals surface area contributed by atoms with Gasteiger partial charge >= 0.3 is 0 Å². The van der Waals surface area contributed by atoms with Gasteiger partial charge in [-0.1, -0.05) is 24.3 Å². The molecule has 1 heterocycles. The van der Waals surface area contributed by atoms with Crippen molar-refractivity contribution in [3.05, 3.63) is 54.1 Å². The number of hydrogen-bond acceptors (Lipinski definition) is 5. The average Bonchev–Trinajstić information content (AvgIpc) is 2.68. The molecule has 0 aromatic heterocycles. The summed E-state index contributed by atoms with van der Waals surface area (Å²) < 4.78 is 11.4. The lowest BCUT2D eigenvalue weighted by atomic mass is 10.2. The summed E-state index contributed by atoms with van der Waals surface area (Å²) in [4.78, 5) is 4.81. The maximum atomic E-state index is 6.12. The Kier molecular flexibility index (Phi) is 6.14. The van der Waals surface area contributed by atoms with Crippen LogP contribution in [0.15, 0.2) is 48.5 Å². The molecule has 5 heteroatoms. The van der Waals surface area contributed by atoms with Crippen LogP contribution in [0.5, 0.6) is 11.5 Å². The first kappa shape index (κ1) is 17.6. The van der Waals surface area contributed by atoms with E-state index in [0.29, 0.717) is 6.61 Å². The lowest BCUT2D eigenvalue weighted by Crippen LogP contribution is -2.47. The van der Waals surface area contributed by atoms with E-state index in [9.17, 15) is 0 Å². The van der Waals surface area contributed by atoms with Crippen LogP contribution in [0.4, 0.5) is 5.69 Å². The second-order valence-electron chi connectivity index (χ2n) is 6.23. The Hall–Kier alpha value is -2.24. The van der Waals surface area contributed by atoms with Gasteiger partial charge in [-0.2, -0.15) is 0 Å². The maximum absolute atomic E-state index is 6.12. The van der Waals surface area contributed by atoms with Crippen LogP contribution in [0.1, 0.15) is 5.56 Å². The number of piperazine rings is 1. The molecule has 0 unspecified atom stereocenters. The summed E-state index contributed by atoms with van der Waals surface area (Å²) in [5, 5.41) is 0. The number of rotatable bonds is 7. The summed E-state index contributed by atoms with van der Waals surface area (Å²) in [6.07, 6.45) is 0. The van der Waals surface area contributed by atoms with Crippen molar-refractivity contribution in [2.24, 2.45) is 5.73 Å². The van der Waals surface area contributed by atoms with Crippen LogP contribution >= 0.6 is 0 Å². The van der Waals surface area contributed by atoms with Crippen LogP contribution in [-0.2, 0) is 6.61 Å². The first-order valence-electron chi connectivity index (χ1n) is 8.82. The van der Waals surface area contributed by atoms with E-state index in [-0.39, 0.29) is 0 Å². The molecule has 25 heavy (non-hydrogen) atoms. The van der Waals surface area contributed by atoms with E-state index in [1.54, 1.807) is 7.11 Å². The monoisotopic (exact) mass is 341 g/mol. The van der Waals surface area contributed by atoms with Crippen molar-refractivity contribution >= 4 is 5.69 Å². The third-order valence-corrected chi connectivity index (χ3v) is 4.55. The number of nitrogens with two attached hydrogens (primary N) is 1. The fourth-order valence-electron chi connectivity index (χ4n) is 3.16. The molecule has 0 spiro atoms. The van der Waals surface area contributed by atoms with Gasteiger partial charge in [-0.25, -0.2) is 0 Å². The zero-order chi connectivity index (χ0) is 17.5. The van der Waals surface area contributed by atoms with Gasteiger partial charge in [0, 0.05) is 39.3 Å². The lowest BCUT2D eigenvalue weighted by Gasteiger charge is -2.36. The van der Waals surface area contributed by atoms with Gasteiger partial charge in [0.05, 0.1) is 12.8 Å². The van der Waals surface area contributed by atoms with E-state index in [0.717, 1.165) is 62.0 Å². The maximum Gasteiger partial charge on any atom is 0.143 e. The molecule has 1 aliphatic rings. The quantitative estimate of drug-likeness (QED) is 0.838. The minimum atomic E-state index is 0.529. The van der Waals surface area contributed by atoms with Crippen molar-refractivity contribution < 1.29 is 9.47 Å². The van der Waals surface area contributed by atoms with E-state index in [1.807, 2.05) is 30.3 Å². The molecule has 2 N–H and O–H groups in total. The molecule has 0 radical (unpaired) electrons. The number of hydrogen-bond donors (Lipinski definition) is 1. The average molecular weight is 341 g/mol. The Balaban J connectivity index is 1.65. The van der Waals surface area contributed by atoms with E-state index >= 15 is 0 Å². The normalized spacial score (nSPS) is 15.2. The van der Waals surface area contributed by atoms with E-state index in [2.05, 4.69) is 28.0 Å². The highest BCUT2D eigenvalue weighted by molar-refractivity contribution is 5.58. The Morgan fingerprint density at radius 2 is 1.80 bits per heavy atom. The standard InChI is InChI=1S/C20H27N3O2/c1-24-18-6-4-5-17(15-18)16-25-20-8-3-2-7-19(20)23-13-11-22(10-9-21)12-14-23/h2-8,15H,9-14,16,21H2,1H3. The molecule has 1 saturated heterocycles. The van der Waals surface area contributed by atoms with Crippen molar-refractivity contribution in [2.75, 3.05) is 51.3 Å². The van der Waals surface area contributed by atoms with Crippen LogP contribution in [0, 0.1) is 0 Å². The Morgan fingerprint density at radius 3 is 2.56 bits per heavy atom. The minimum absolute atomic E-state index is 0.529. The van der Waals surface area contributed by atoms with E-state index in [4.69, 9.17) is 15.2 Å². The van der Waals surface area contributed by atoms with Crippen molar-refractivity contribution in [2.45, 2.75) is 6.61 Å². The molecule has 2 aromatic carbocycles. The van der Waals surface area contributed by atoms with Gasteiger partial charge in [-0.3, -0.25) is 4.90 Å². The summed E-state index contributed by atoms with van der Waals surface area (Å²) in [5.41, 5.74) is 7.92. The van der Waals surface area contributed by atoms with Gasteiger partial charge in [-0.15, -0.1) is 0 Å². The summed E-state index contributed by atoms with van der Waals surface area (Å²) in [7, 11) is 1.68. The first-order valence-corrected chi connectivity index (χ1v) is 8.82. The SMILES string of the molecule is COc1cccc(COc2ccccc2N2CCN(CCN)CC2)c1. The van der Waals surface area contributed by atoms with Crippen molar-refractivity contribution in [3.63, 3.8) is 0 Å². The summed E-state index contributed by atoms with van der Waals surface area (Å²) in [5.74, 6) is 1.78. The van der Waals surface area contributed by atoms with Crippen LogP contribution in [0.2, 0.25) is 0 Å². The minimum Gasteiger partial charge on any atom is -0.497 e. The smallest absolute Gasteiger partial charge is 0.143 e. The summed E-state index contributed by atoms with van der Waals surface area (Å²) in [6, 6.07) is 16.3. The fourth-order valence-corrected chi connectivity index (χ4v) is 3.16. The Bertz CT molecular complexity index is 669. The number of ether oxygens (including phenoxy) is 2. The molecule has 0 saturated carbocycles. The number of methoxy groups -OCH3 is 1. The topological polar surface area (TPSA) is 51.0 Å². The molecule has 0 aliphatic carbocycles. The molecule has 0 amide bonds. The third kappa shape index (κ3) is 4.65. The van der Waals surface area contributed by atoms with Crippen LogP contribution < -0.4 is 20.1 Å². The van der Waals surface area contributed by atoms with Gasteiger partial charge in [-0.05, 0) is 29.8 Å². The van der Waals surface area contributed by atoms with Gasteiger partial charge in [0.25, 0.3) is 0 Å². The van der Waals surface area contributed by atoms with Crippen LogP contribution in [-0.4, -0.2) is 51.3 Å². The largest absolute Gasteiger partial charge is 0.497 e. The predicted octanol–water partition coefficient (Wildman–Crippen LogP) is 2.35. The second-order valence-corrected chi connectivity index (χ2v) is 6.23. The molecule has 5 nitrogen and oxygen atoms in total. The highest BCUT2D eigenvalue weighted by Crippen LogP contribution is 2.29. The molecule has 134 valence electrons. The Labute approximate surface area is 149 Å². The highest BCUT2D eigenvalue weighted by atomic mass is 16.5. The number of benzene rings is 2. The Morgan fingerprint density at radius 1 is 1.00 bits per heavy atom. The van der Waals surface area contributed by atoms with Gasteiger partial charge in [0.15, 0.2) is 0 Å². The molecule has 3 rings (SSSR count). The summed E-state index contributed by atoms with van der Waals surface area (Å²) >= 11 is 0. The van der Waals surface area contributed by atoms with E-state index < -0.39 is 0 Å². The molecule has 1 aliphatic heterocycles. The zero-order valence-corrected chi connectivity index (χ0v) is 14.9. The van der Waals surface area contributed by atoms with Crippen LogP contribution in [0.3, 0.4) is 0 Å².